The van der Waals surface area contributed by atoms with Gasteiger partial charge in [0.15, 0.2) is 5.78 Å². The highest BCUT2D eigenvalue weighted by molar-refractivity contribution is 5.98. The number of hydrogen-bond donors (Lipinski definition) is 1. The van der Waals surface area contributed by atoms with Crippen LogP contribution in [0.4, 0.5) is 0 Å². The lowest BCUT2D eigenvalue weighted by Crippen LogP contribution is -2.44. The summed E-state index contributed by atoms with van der Waals surface area (Å²) >= 11 is 0. The maximum absolute atomic E-state index is 12.4. The standard InChI is InChI=1S/C19H26N2O2/c1-21(17-9-11-20-12-10-17)19(23)8-7-18(22)16-6-5-14-3-2-4-15(14)13-16/h5-6,13,17,20H,2-4,7-12H2,1H3. The third-order valence-corrected chi connectivity index (χ3v) is 5.24. The van der Waals surface area contributed by atoms with E-state index in [9.17, 15) is 9.59 Å². The molecule has 1 fully saturated rings. The molecule has 124 valence electrons. The third kappa shape index (κ3) is 3.81. The van der Waals surface area contributed by atoms with Crippen LogP contribution in [-0.2, 0) is 17.6 Å². The molecule has 0 atom stereocenters. The van der Waals surface area contributed by atoms with Gasteiger partial charge in [-0.05, 0) is 62.4 Å². The van der Waals surface area contributed by atoms with E-state index in [-0.39, 0.29) is 11.7 Å². The summed E-state index contributed by atoms with van der Waals surface area (Å²) in [5.41, 5.74) is 3.46. The first-order valence-electron chi connectivity index (χ1n) is 8.76. The Labute approximate surface area is 138 Å². The lowest BCUT2D eigenvalue weighted by Gasteiger charge is -2.31. The molecule has 1 aromatic rings. The average Bonchev–Trinajstić information content (AvgIpc) is 3.07. The first kappa shape index (κ1) is 16.2. The smallest absolute Gasteiger partial charge is 0.223 e. The summed E-state index contributed by atoms with van der Waals surface area (Å²) in [5.74, 6) is 0.179. The van der Waals surface area contributed by atoms with Crippen LogP contribution in [0.2, 0.25) is 0 Å². The van der Waals surface area contributed by atoms with Crippen LogP contribution < -0.4 is 5.32 Å². The summed E-state index contributed by atoms with van der Waals surface area (Å²) in [6.07, 6.45) is 6.02. The predicted molar refractivity (Wildman–Crippen MR) is 90.7 cm³/mol. The van der Waals surface area contributed by atoms with Gasteiger partial charge in [-0.1, -0.05) is 12.1 Å². The fraction of sp³-hybridized carbons (Fsp3) is 0.579. The van der Waals surface area contributed by atoms with Gasteiger partial charge >= 0.3 is 0 Å². The number of aryl methyl sites for hydroxylation is 2. The quantitative estimate of drug-likeness (QED) is 0.849. The lowest BCUT2D eigenvalue weighted by molar-refractivity contribution is -0.132. The number of nitrogens with one attached hydrogen (secondary N) is 1. The number of rotatable bonds is 5. The Balaban J connectivity index is 1.53. The number of carbonyl (C=O) groups excluding carboxylic acids is 2. The Hall–Kier alpha value is -1.68. The monoisotopic (exact) mass is 314 g/mol. The molecule has 1 aliphatic carbocycles. The van der Waals surface area contributed by atoms with Gasteiger partial charge in [0, 0.05) is 31.5 Å². The minimum atomic E-state index is 0.0893. The van der Waals surface area contributed by atoms with Crippen molar-refractivity contribution in [1.82, 2.24) is 10.2 Å². The van der Waals surface area contributed by atoms with Gasteiger partial charge in [-0.15, -0.1) is 0 Å². The van der Waals surface area contributed by atoms with Crippen molar-refractivity contribution in [2.75, 3.05) is 20.1 Å². The van der Waals surface area contributed by atoms with Crippen molar-refractivity contribution in [3.05, 3.63) is 34.9 Å². The zero-order chi connectivity index (χ0) is 16.2. The van der Waals surface area contributed by atoms with Crippen molar-refractivity contribution in [2.24, 2.45) is 0 Å². The minimum absolute atomic E-state index is 0.0893. The molecule has 23 heavy (non-hydrogen) atoms. The molecule has 0 bridgehead atoms. The fourth-order valence-electron chi connectivity index (χ4n) is 3.68. The van der Waals surface area contributed by atoms with Gasteiger partial charge in [-0.25, -0.2) is 0 Å². The molecular formula is C19H26N2O2. The van der Waals surface area contributed by atoms with E-state index in [1.807, 2.05) is 24.1 Å². The number of carbonyl (C=O) groups is 2. The van der Waals surface area contributed by atoms with Crippen LogP contribution in [-0.4, -0.2) is 42.8 Å². The van der Waals surface area contributed by atoms with E-state index < -0.39 is 0 Å². The summed E-state index contributed by atoms with van der Waals surface area (Å²) in [7, 11) is 1.87. The molecule has 1 aromatic carbocycles. The number of hydrogen-bond acceptors (Lipinski definition) is 3. The molecular weight excluding hydrogens is 288 g/mol. The highest BCUT2D eigenvalue weighted by Crippen LogP contribution is 2.23. The number of nitrogens with zero attached hydrogens (tertiary/aromatic N) is 1. The third-order valence-electron chi connectivity index (χ3n) is 5.24. The number of benzene rings is 1. The van der Waals surface area contributed by atoms with Crippen LogP contribution >= 0.6 is 0 Å². The Morgan fingerprint density at radius 2 is 1.87 bits per heavy atom. The largest absolute Gasteiger partial charge is 0.343 e. The van der Waals surface area contributed by atoms with Gasteiger partial charge in [0.2, 0.25) is 5.91 Å². The van der Waals surface area contributed by atoms with Crippen LogP contribution in [0, 0.1) is 0 Å². The maximum atomic E-state index is 12.4. The molecule has 0 aromatic heterocycles. The topological polar surface area (TPSA) is 49.4 Å². The van der Waals surface area contributed by atoms with Gasteiger partial charge in [-0.2, -0.15) is 0 Å². The van der Waals surface area contributed by atoms with Gasteiger partial charge in [0.1, 0.15) is 0 Å². The Kier molecular flexibility index (Phi) is 5.11. The van der Waals surface area contributed by atoms with Crippen molar-refractivity contribution in [1.29, 1.82) is 0 Å². The molecule has 1 heterocycles. The molecule has 1 saturated heterocycles. The zero-order valence-electron chi connectivity index (χ0n) is 13.9. The van der Waals surface area contributed by atoms with E-state index in [0.717, 1.165) is 44.3 Å². The summed E-state index contributed by atoms with van der Waals surface area (Å²) < 4.78 is 0. The molecule has 4 heteroatoms. The Morgan fingerprint density at radius 3 is 2.65 bits per heavy atom. The predicted octanol–water partition coefficient (Wildman–Crippen LogP) is 2.35. The van der Waals surface area contributed by atoms with Gasteiger partial charge in [0.25, 0.3) is 0 Å². The molecule has 0 radical (unpaired) electrons. The normalized spacial score (nSPS) is 17.8. The van der Waals surface area contributed by atoms with E-state index >= 15 is 0 Å². The molecule has 2 aliphatic rings. The highest BCUT2D eigenvalue weighted by Gasteiger charge is 2.22. The van der Waals surface area contributed by atoms with E-state index in [1.54, 1.807) is 0 Å². The number of fused-ring (bicyclic) bond motifs is 1. The van der Waals surface area contributed by atoms with Crippen LogP contribution in [0.3, 0.4) is 0 Å². The van der Waals surface area contributed by atoms with E-state index in [4.69, 9.17) is 0 Å². The van der Waals surface area contributed by atoms with Crippen molar-refractivity contribution < 1.29 is 9.59 Å². The highest BCUT2D eigenvalue weighted by atomic mass is 16.2. The molecule has 0 spiro atoms. The van der Waals surface area contributed by atoms with E-state index in [1.165, 1.54) is 17.5 Å². The molecule has 3 rings (SSSR count). The molecule has 1 amide bonds. The Bertz CT molecular complexity index is 591. The van der Waals surface area contributed by atoms with Crippen molar-refractivity contribution in [2.45, 2.75) is 51.0 Å². The van der Waals surface area contributed by atoms with Crippen LogP contribution in [0.1, 0.15) is 53.6 Å². The lowest BCUT2D eigenvalue weighted by atomic mass is 10.0. The minimum Gasteiger partial charge on any atom is -0.343 e. The van der Waals surface area contributed by atoms with Gasteiger partial charge < -0.3 is 10.2 Å². The first-order chi connectivity index (χ1) is 11.1. The molecule has 1 N–H and O–H groups in total. The summed E-state index contributed by atoms with van der Waals surface area (Å²) in [4.78, 5) is 26.5. The summed E-state index contributed by atoms with van der Waals surface area (Å²) in [6, 6.07) is 6.36. The summed E-state index contributed by atoms with van der Waals surface area (Å²) in [6.45, 7) is 1.94. The summed E-state index contributed by atoms with van der Waals surface area (Å²) in [5, 5.41) is 3.31. The SMILES string of the molecule is CN(C(=O)CCC(=O)c1ccc2c(c1)CCC2)C1CCNCC1. The average molecular weight is 314 g/mol. The molecule has 0 unspecified atom stereocenters. The van der Waals surface area contributed by atoms with Crippen LogP contribution in [0.5, 0.6) is 0 Å². The molecule has 0 saturated carbocycles. The number of ketones is 1. The first-order valence-corrected chi connectivity index (χ1v) is 8.76. The second-order valence-corrected chi connectivity index (χ2v) is 6.75. The number of amides is 1. The second kappa shape index (κ2) is 7.26. The van der Waals surface area contributed by atoms with Gasteiger partial charge in [0.05, 0.1) is 0 Å². The zero-order valence-corrected chi connectivity index (χ0v) is 13.9. The Morgan fingerprint density at radius 1 is 1.13 bits per heavy atom. The fourth-order valence-corrected chi connectivity index (χ4v) is 3.68. The van der Waals surface area contributed by atoms with Gasteiger partial charge in [-0.3, -0.25) is 9.59 Å². The molecule has 4 nitrogen and oxygen atoms in total. The number of piperidine rings is 1. The number of Topliss-reactive ketones (excluding diaryl/α,β-unsaturated/α-hetero) is 1. The van der Waals surface area contributed by atoms with E-state index in [0.29, 0.717) is 18.9 Å². The van der Waals surface area contributed by atoms with Crippen molar-refractivity contribution >= 4 is 11.7 Å². The van der Waals surface area contributed by atoms with Crippen molar-refractivity contribution in [3.8, 4) is 0 Å². The molecule has 1 aliphatic heterocycles. The van der Waals surface area contributed by atoms with E-state index in [2.05, 4.69) is 11.4 Å². The van der Waals surface area contributed by atoms with Crippen molar-refractivity contribution in [3.63, 3.8) is 0 Å². The van der Waals surface area contributed by atoms with Crippen LogP contribution in [0.25, 0.3) is 0 Å². The second-order valence-electron chi connectivity index (χ2n) is 6.75. The van der Waals surface area contributed by atoms with Crippen LogP contribution in [0.15, 0.2) is 18.2 Å². The maximum Gasteiger partial charge on any atom is 0.223 e.